The van der Waals surface area contributed by atoms with E-state index in [1.165, 1.54) is 0 Å². The van der Waals surface area contributed by atoms with Crippen LogP contribution in [0.1, 0.15) is 35.1 Å². The van der Waals surface area contributed by atoms with Crippen molar-refractivity contribution in [1.29, 1.82) is 0 Å². The van der Waals surface area contributed by atoms with Gasteiger partial charge >= 0.3 is 0 Å². The average molecular weight is 188 g/mol. The first kappa shape index (κ1) is 14.8. The Kier molecular flexibility index (Phi) is 10.6. The lowest BCUT2D eigenvalue weighted by atomic mass is 10.4. The van der Waals surface area contributed by atoms with Crippen LogP contribution in [-0.4, -0.2) is 12.1 Å². The molecule has 0 aromatic carbocycles. The lowest BCUT2D eigenvalue weighted by Gasteiger charge is -2.08. The van der Waals surface area contributed by atoms with Crippen molar-refractivity contribution in [3.05, 3.63) is 12.4 Å². The Morgan fingerprint density at radius 3 is 1.31 bits per heavy atom. The minimum Gasteiger partial charge on any atom is -0.327 e. The first-order valence-electron chi connectivity index (χ1n) is 4.30. The molecule has 0 atom stereocenters. The molecule has 0 rings (SSSR count). The van der Waals surface area contributed by atoms with Crippen LogP contribution in [0.15, 0.2) is 12.4 Å². The van der Waals surface area contributed by atoms with Crippen molar-refractivity contribution in [2.75, 3.05) is 0 Å². The number of nitrogens with one attached hydrogen (secondary N) is 4. The second-order valence-corrected chi connectivity index (χ2v) is 3.22. The van der Waals surface area contributed by atoms with Crippen molar-refractivity contribution in [2.24, 2.45) is 0 Å². The van der Waals surface area contributed by atoms with Gasteiger partial charge < -0.3 is 10.9 Å². The summed E-state index contributed by atoms with van der Waals surface area (Å²) in [6.45, 7) is 8.28. The van der Waals surface area contributed by atoms with Gasteiger partial charge in [0, 0.05) is 24.5 Å². The first-order chi connectivity index (χ1) is 5.63. The Labute approximate surface area is 82.1 Å². The van der Waals surface area contributed by atoms with Gasteiger partial charge in [0.05, 0.1) is 0 Å². The van der Waals surface area contributed by atoms with E-state index in [0.29, 0.717) is 12.1 Å². The molecule has 0 aromatic rings. The van der Waals surface area contributed by atoms with Crippen LogP contribution in [0.4, 0.5) is 0 Å². The molecule has 0 aliphatic rings. The number of rotatable bonds is 6. The molecule has 0 unspecified atom stereocenters. The molecule has 0 saturated carbocycles. The van der Waals surface area contributed by atoms with Gasteiger partial charge in [-0.05, 0) is 27.7 Å². The van der Waals surface area contributed by atoms with Crippen molar-refractivity contribution in [2.45, 2.75) is 47.2 Å². The van der Waals surface area contributed by atoms with Crippen LogP contribution in [-0.2, 0) is 0 Å². The van der Waals surface area contributed by atoms with Crippen LogP contribution in [0.25, 0.3) is 0 Å². The van der Waals surface area contributed by atoms with E-state index in [2.05, 4.69) is 49.4 Å². The van der Waals surface area contributed by atoms with E-state index in [9.17, 15) is 0 Å². The molecule has 0 saturated heterocycles. The molecule has 4 N–H and O–H groups in total. The second kappa shape index (κ2) is 9.35. The number of hydrogen-bond donors (Lipinski definition) is 4. The molecular formula is C9H24N4. The van der Waals surface area contributed by atoms with Crippen LogP contribution >= 0.6 is 0 Å². The van der Waals surface area contributed by atoms with Crippen LogP contribution in [0.3, 0.4) is 0 Å². The summed E-state index contributed by atoms with van der Waals surface area (Å²) in [5.74, 6) is 0. The monoisotopic (exact) mass is 188 g/mol. The minimum absolute atomic E-state index is 0. The topological polar surface area (TPSA) is 48.1 Å². The smallest absolute Gasteiger partial charge is 0.0297 e. The van der Waals surface area contributed by atoms with E-state index in [4.69, 9.17) is 0 Å². The van der Waals surface area contributed by atoms with Crippen molar-refractivity contribution in [3.8, 4) is 0 Å². The third-order valence-corrected chi connectivity index (χ3v) is 0.994. The van der Waals surface area contributed by atoms with Gasteiger partial charge in [0.1, 0.15) is 0 Å². The summed E-state index contributed by atoms with van der Waals surface area (Å²) in [5, 5.41) is 0. The maximum atomic E-state index is 3.03. The van der Waals surface area contributed by atoms with Crippen LogP contribution in [0.5, 0.6) is 0 Å². The van der Waals surface area contributed by atoms with Gasteiger partial charge in [-0.1, -0.05) is 7.43 Å². The fourth-order valence-electron chi connectivity index (χ4n) is 0.513. The largest absolute Gasteiger partial charge is 0.327 e. The van der Waals surface area contributed by atoms with Crippen molar-refractivity contribution in [1.82, 2.24) is 21.7 Å². The van der Waals surface area contributed by atoms with E-state index in [1.807, 2.05) is 0 Å². The molecule has 0 spiro atoms. The summed E-state index contributed by atoms with van der Waals surface area (Å²) < 4.78 is 0. The summed E-state index contributed by atoms with van der Waals surface area (Å²) in [6, 6.07) is 0.875. The molecule has 0 aliphatic heterocycles. The summed E-state index contributed by atoms with van der Waals surface area (Å²) in [7, 11) is 0. The zero-order valence-corrected chi connectivity index (χ0v) is 8.31. The van der Waals surface area contributed by atoms with E-state index >= 15 is 0 Å². The van der Waals surface area contributed by atoms with Gasteiger partial charge in [-0.2, -0.15) is 0 Å². The van der Waals surface area contributed by atoms with Crippen molar-refractivity contribution < 1.29 is 0 Å². The Morgan fingerprint density at radius 1 is 0.769 bits per heavy atom. The molecule has 0 bridgehead atoms. The van der Waals surface area contributed by atoms with Gasteiger partial charge in [0.15, 0.2) is 0 Å². The predicted molar refractivity (Wildman–Crippen MR) is 58.7 cm³/mol. The third kappa shape index (κ3) is 14.2. The molecule has 0 fully saturated rings. The van der Waals surface area contributed by atoms with E-state index in [-0.39, 0.29) is 7.43 Å². The summed E-state index contributed by atoms with van der Waals surface area (Å²) in [4.78, 5) is 0. The highest BCUT2D eigenvalue weighted by atomic mass is 15.4. The Hall–Kier alpha value is -0.740. The molecule has 0 heterocycles. The van der Waals surface area contributed by atoms with Crippen LogP contribution in [0, 0.1) is 0 Å². The molecule has 80 valence electrons. The lowest BCUT2D eigenvalue weighted by Crippen LogP contribution is -2.36. The summed E-state index contributed by atoms with van der Waals surface area (Å²) in [5.41, 5.74) is 11.9. The summed E-state index contributed by atoms with van der Waals surface area (Å²) in [6.07, 6.45) is 3.60. The highest BCUT2D eigenvalue weighted by Gasteiger charge is 1.86. The standard InChI is InChI=1S/C8H20N4.CH4/c1-7(2)11-9-5-6-10-12-8(3)4;/h5-12H,1-4H3;1H4. The van der Waals surface area contributed by atoms with Gasteiger partial charge in [-0.15, -0.1) is 0 Å². The lowest BCUT2D eigenvalue weighted by molar-refractivity contribution is 0.520. The number of hydrogen-bond acceptors (Lipinski definition) is 4. The molecule has 13 heavy (non-hydrogen) atoms. The Balaban J connectivity index is 0. The Morgan fingerprint density at radius 2 is 1.08 bits per heavy atom. The molecule has 4 nitrogen and oxygen atoms in total. The predicted octanol–water partition coefficient (Wildman–Crippen LogP) is 1.10. The SMILES string of the molecule is C.CC(C)NNC=CNNC(C)C. The molecule has 0 amide bonds. The maximum absolute atomic E-state index is 3.03. The van der Waals surface area contributed by atoms with Gasteiger partial charge in [0.25, 0.3) is 0 Å². The summed E-state index contributed by atoms with van der Waals surface area (Å²) >= 11 is 0. The molecule has 0 radical (unpaired) electrons. The second-order valence-electron chi connectivity index (χ2n) is 3.22. The van der Waals surface area contributed by atoms with Crippen molar-refractivity contribution in [3.63, 3.8) is 0 Å². The fourth-order valence-corrected chi connectivity index (χ4v) is 0.513. The van der Waals surface area contributed by atoms with Crippen LogP contribution < -0.4 is 21.7 Å². The molecule has 0 aromatic heterocycles. The zero-order chi connectivity index (χ0) is 9.40. The zero-order valence-electron chi connectivity index (χ0n) is 8.31. The van der Waals surface area contributed by atoms with E-state index in [1.54, 1.807) is 12.4 Å². The molecular weight excluding hydrogens is 164 g/mol. The Bertz CT molecular complexity index is 107. The molecule has 4 heteroatoms. The normalized spacial score (nSPS) is 10.6. The quantitative estimate of drug-likeness (QED) is 0.471. The maximum Gasteiger partial charge on any atom is 0.0297 e. The molecule has 0 aliphatic carbocycles. The van der Waals surface area contributed by atoms with Gasteiger partial charge in [-0.3, -0.25) is 0 Å². The van der Waals surface area contributed by atoms with Gasteiger partial charge in [0.2, 0.25) is 0 Å². The van der Waals surface area contributed by atoms with Crippen molar-refractivity contribution >= 4 is 0 Å². The first-order valence-corrected chi connectivity index (χ1v) is 4.30. The number of hydrazine groups is 2. The minimum atomic E-state index is 0. The average Bonchev–Trinajstić information content (AvgIpc) is 1.95. The highest BCUT2D eigenvalue weighted by Crippen LogP contribution is 1.71. The fraction of sp³-hybridized carbons (Fsp3) is 0.778. The highest BCUT2D eigenvalue weighted by molar-refractivity contribution is 4.74. The van der Waals surface area contributed by atoms with E-state index < -0.39 is 0 Å². The van der Waals surface area contributed by atoms with Crippen LogP contribution in [0.2, 0.25) is 0 Å². The van der Waals surface area contributed by atoms with E-state index in [0.717, 1.165) is 0 Å². The third-order valence-electron chi connectivity index (χ3n) is 0.994. The van der Waals surface area contributed by atoms with Gasteiger partial charge in [-0.25, -0.2) is 10.9 Å².